The molecule has 2 rings (SSSR count). The van der Waals surface area contributed by atoms with Crippen LogP contribution in [0.1, 0.15) is 17.1 Å². The largest absolute Gasteiger partial charge is 0.464 e. The highest BCUT2D eigenvalue weighted by atomic mass is 32.2. The molecule has 0 aliphatic rings. The van der Waals surface area contributed by atoms with Crippen molar-refractivity contribution in [3.8, 4) is 0 Å². The first-order valence-corrected chi connectivity index (χ1v) is 7.69. The van der Waals surface area contributed by atoms with Gasteiger partial charge in [0, 0.05) is 0 Å². The van der Waals surface area contributed by atoms with E-state index in [1.165, 1.54) is 12.1 Å². The van der Waals surface area contributed by atoms with Crippen LogP contribution in [0.3, 0.4) is 0 Å². The summed E-state index contributed by atoms with van der Waals surface area (Å²) < 4.78 is 18.4. The van der Waals surface area contributed by atoms with Crippen molar-refractivity contribution in [2.24, 2.45) is 0 Å². The minimum Gasteiger partial charge on any atom is -0.464 e. The Morgan fingerprint density at radius 2 is 1.84 bits per heavy atom. The van der Waals surface area contributed by atoms with E-state index in [9.17, 15) is 4.39 Å². The van der Waals surface area contributed by atoms with Crippen LogP contribution in [0.25, 0.3) is 0 Å². The number of halogens is 1. The lowest BCUT2D eigenvalue weighted by molar-refractivity contribution is 0.460. The molecular weight excluding hydrogens is 261 g/mol. The number of furan rings is 1. The topological polar surface area (TPSA) is 25.2 Å². The minimum absolute atomic E-state index is 0.186. The quantitative estimate of drug-likeness (QED) is 0.784. The SMILES string of the molecule is CSCc1ccc(CNCCc2ccc(F)cc2)o1. The molecule has 0 spiro atoms. The summed E-state index contributed by atoms with van der Waals surface area (Å²) in [7, 11) is 0. The first kappa shape index (κ1) is 14.2. The molecule has 1 N–H and O–H groups in total. The molecule has 4 heteroatoms. The van der Waals surface area contributed by atoms with E-state index >= 15 is 0 Å². The molecule has 1 aromatic heterocycles. The van der Waals surface area contributed by atoms with Crippen molar-refractivity contribution in [2.45, 2.75) is 18.7 Å². The van der Waals surface area contributed by atoms with Crippen molar-refractivity contribution < 1.29 is 8.81 Å². The third-order valence-electron chi connectivity index (χ3n) is 2.81. The zero-order chi connectivity index (χ0) is 13.5. The zero-order valence-electron chi connectivity index (χ0n) is 11.0. The van der Waals surface area contributed by atoms with Gasteiger partial charge in [0.25, 0.3) is 0 Å². The molecule has 0 fully saturated rings. The normalized spacial score (nSPS) is 10.8. The molecule has 1 heterocycles. The summed E-state index contributed by atoms with van der Waals surface area (Å²) in [6, 6.07) is 10.7. The van der Waals surface area contributed by atoms with Gasteiger partial charge in [0.15, 0.2) is 0 Å². The molecule has 0 aliphatic carbocycles. The van der Waals surface area contributed by atoms with Crippen molar-refractivity contribution in [3.05, 3.63) is 59.3 Å². The summed E-state index contributed by atoms with van der Waals surface area (Å²) in [6.45, 7) is 1.58. The maximum atomic E-state index is 12.7. The first-order valence-electron chi connectivity index (χ1n) is 6.29. The van der Waals surface area contributed by atoms with Crippen molar-refractivity contribution in [2.75, 3.05) is 12.8 Å². The number of nitrogens with one attached hydrogen (secondary N) is 1. The van der Waals surface area contributed by atoms with Gasteiger partial charge in [0.1, 0.15) is 17.3 Å². The second kappa shape index (κ2) is 7.36. The predicted molar refractivity (Wildman–Crippen MR) is 77.7 cm³/mol. The van der Waals surface area contributed by atoms with Crippen molar-refractivity contribution in [1.29, 1.82) is 0 Å². The third kappa shape index (κ3) is 4.73. The maximum absolute atomic E-state index is 12.7. The summed E-state index contributed by atoms with van der Waals surface area (Å²) in [5.74, 6) is 2.70. The van der Waals surface area contributed by atoms with E-state index in [0.717, 1.165) is 42.3 Å². The molecule has 0 saturated carbocycles. The second-order valence-electron chi connectivity index (χ2n) is 4.35. The summed E-state index contributed by atoms with van der Waals surface area (Å²) >= 11 is 1.75. The molecular formula is C15H18FNOS. The Kier molecular flexibility index (Phi) is 5.48. The highest BCUT2D eigenvalue weighted by molar-refractivity contribution is 7.97. The van der Waals surface area contributed by atoms with Gasteiger partial charge < -0.3 is 9.73 Å². The first-order chi connectivity index (χ1) is 9.28. The number of hydrogen-bond donors (Lipinski definition) is 1. The van der Waals surface area contributed by atoms with E-state index in [0.29, 0.717) is 0 Å². The molecule has 0 aliphatic heterocycles. The number of benzene rings is 1. The standard InChI is InChI=1S/C15H18FNOS/c1-19-11-15-7-6-14(18-15)10-17-9-8-12-2-4-13(16)5-3-12/h2-7,17H,8-11H2,1H3. The van der Waals surface area contributed by atoms with E-state index in [-0.39, 0.29) is 5.82 Å². The molecule has 0 radical (unpaired) electrons. The molecule has 0 amide bonds. The van der Waals surface area contributed by atoms with Gasteiger partial charge in [0.2, 0.25) is 0 Å². The average molecular weight is 279 g/mol. The third-order valence-corrected chi connectivity index (χ3v) is 3.38. The molecule has 19 heavy (non-hydrogen) atoms. The second-order valence-corrected chi connectivity index (χ2v) is 5.22. The molecule has 0 atom stereocenters. The van der Waals surface area contributed by atoms with Crippen LogP contribution in [0.2, 0.25) is 0 Å². The van der Waals surface area contributed by atoms with Gasteiger partial charge in [-0.05, 0) is 49.1 Å². The average Bonchev–Trinajstić information content (AvgIpc) is 2.85. The number of hydrogen-bond acceptors (Lipinski definition) is 3. The maximum Gasteiger partial charge on any atom is 0.123 e. The van der Waals surface area contributed by atoms with Crippen molar-refractivity contribution >= 4 is 11.8 Å². The van der Waals surface area contributed by atoms with E-state index in [1.54, 1.807) is 11.8 Å². The van der Waals surface area contributed by atoms with Gasteiger partial charge >= 0.3 is 0 Å². The lowest BCUT2D eigenvalue weighted by Crippen LogP contribution is -2.16. The fraction of sp³-hybridized carbons (Fsp3) is 0.333. The molecule has 0 saturated heterocycles. The van der Waals surface area contributed by atoms with E-state index in [2.05, 4.69) is 11.6 Å². The highest BCUT2D eigenvalue weighted by Gasteiger charge is 2.01. The summed E-state index contributed by atoms with van der Waals surface area (Å²) in [5.41, 5.74) is 1.14. The lowest BCUT2D eigenvalue weighted by atomic mass is 10.1. The molecule has 1 aromatic carbocycles. The Morgan fingerprint density at radius 3 is 2.58 bits per heavy atom. The highest BCUT2D eigenvalue weighted by Crippen LogP contribution is 2.13. The van der Waals surface area contributed by atoms with Crippen LogP contribution in [0.4, 0.5) is 4.39 Å². The van der Waals surface area contributed by atoms with Gasteiger partial charge in [-0.15, -0.1) is 0 Å². The van der Waals surface area contributed by atoms with Crippen LogP contribution >= 0.6 is 11.8 Å². The Labute approximate surface area is 117 Å². The number of thioether (sulfide) groups is 1. The fourth-order valence-corrected chi connectivity index (χ4v) is 2.27. The van der Waals surface area contributed by atoms with Crippen molar-refractivity contribution in [1.82, 2.24) is 5.32 Å². The summed E-state index contributed by atoms with van der Waals surface area (Å²) in [6.07, 6.45) is 2.95. The van der Waals surface area contributed by atoms with Gasteiger partial charge in [-0.25, -0.2) is 4.39 Å². The van der Waals surface area contributed by atoms with E-state index in [4.69, 9.17) is 4.42 Å². The van der Waals surface area contributed by atoms with Gasteiger partial charge in [-0.3, -0.25) is 0 Å². The smallest absolute Gasteiger partial charge is 0.123 e. The number of rotatable bonds is 7. The van der Waals surface area contributed by atoms with E-state index in [1.807, 2.05) is 24.3 Å². The molecule has 2 nitrogen and oxygen atoms in total. The Hall–Kier alpha value is -1.26. The Balaban J connectivity index is 1.69. The fourth-order valence-electron chi connectivity index (χ4n) is 1.83. The van der Waals surface area contributed by atoms with Gasteiger partial charge in [-0.1, -0.05) is 12.1 Å². The lowest BCUT2D eigenvalue weighted by Gasteiger charge is -2.03. The molecule has 2 aromatic rings. The Bertz CT molecular complexity index is 495. The van der Waals surface area contributed by atoms with Crippen LogP contribution in [-0.4, -0.2) is 12.8 Å². The van der Waals surface area contributed by atoms with Gasteiger partial charge in [-0.2, -0.15) is 11.8 Å². The van der Waals surface area contributed by atoms with Crippen LogP contribution in [-0.2, 0) is 18.7 Å². The van der Waals surface area contributed by atoms with Crippen LogP contribution < -0.4 is 5.32 Å². The van der Waals surface area contributed by atoms with Crippen LogP contribution in [0.15, 0.2) is 40.8 Å². The van der Waals surface area contributed by atoms with Crippen LogP contribution in [0.5, 0.6) is 0 Å². The summed E-state index contributed by atoms with van der Waals surface area (Å²) in [4.78, 5) is 0. The Morgan fingerprint density at radius 1 is 1.11 bits per heavy atom. The predicted octanol–water partition coefficient (Wildman–Crippen LogP) is 3.61. The monoisotopic (exact) mass is 279 g/mol. The summed E-state index contributed by atoms with van der Waals surface area (Å²) in [5, 5.41) is 3.33. The molecule has 0 unspecified atom stereocenters. The van der Waals surface area contributed by atoms with Crippen molar-refractivity contribution in [3.63, 3.8) is 0 Å². The van der Waals surface area contributed by atoms with E-state index < -0.39 is 0 Å². The van der Waals surface area contributed by atoms with Crippen LogP contribution in [0, 0.1) is 5.82 Å². The molecule has 102 valence electrons. The zero-order valence-corrected chi connectivity index (χ0v) is 11.8. The molecule has 0 bridgehead atoms. The van der Waals surface area contributed by atoms with Gasteiger partial charge in [0.05, 0.1) is 12.3 Å². The minimum atomic E-state index is -0.186.